The molecule has 0 saturated heterocycles. The Hall–Kier alpha value is -7.38. The van der Waals surface area contributed by atoms with Crippen LogP contribution in [0.1, 0.15) is 28.3 Å². The van der Waals surface area contributed by atoms with Gasteiger partial charge in [-0.15, -0.1) is 0 Å². The largest absolute Gasteiger partial charge is 0.354 e. The molecule has 2 aliphatic rings. The molecule has 0 fully saturated rings. The molecule has 4 aromatic carbocycles. The molecule has 53 heavy (non-hydrogen) atoms. The maximum absolute atomic E-state index is 11.7. The lowest BCUT2D eigenvalue weighted by molar-refractivity contribution is -0.400. The first-order valence-corrected chi connectivity index (χ1v) is 17.3. The highest BCUT2D eigenvalue weighted by molar-refractivity contribution is 6.01. The lowest BCUT2D eigenvalue weighted by Crippen LogP contribution is -1.90. The van der Waals surface area contributed by atoms with Gasteiger partial charge in [0.1, 0.15) is 0 Å². The van der Waals surface area contributed by atoms with E-state index in [1.807, 2.05) is 109 Å². The second kappa shape index (κ2) is 13.4. The summed E-state index contributed by atoms with van der Waals surface area (Å²) in [5, 5.41) is 11.7. The van der Waals surface area contributed by atoms with Crippen LogP contribution in [-0.2, 0) is 0 Å². The van der Waals surface area contributed by atoms with Crippen LogP contribution in [0.25, 0.3) is 97.0 Å². The molecule has 3 aromatic heterocycles. The van der Waals surface area contributed by atoms with Crippen molar-refractivity contribution in [2.24, 2.45) is 0 Å². The van der Waals surface area contributed by atoms with Gasteiger partial charge < -0.3 is 9.97 Å². The number of hydrogen-bond donors (Lipinski definition) is 2. The van der Waals surface area contributed by atoms with Crippen molar-refractivity contribution in [3.63, 3.8) is 0 Å². The molecule has 2 aliphatic heterocycles. The van der Waals surface area contributed by atoms with Crippen LogP contribution in [-0.4, -0.2) is 24.9 Å². The molecule has 9 rings (SSSR count). The van der Waals surface area contributed by atoms with E-state index in [2.05, 4.69) is 64.6 Å². The summed E-state index contributed by atoms with van der Waals surface area (Å²) in [6.45, 7) is 0. The Kier molecular flexibility index (Phi) is 7.98. The molecule has 252 valence electrons. The fourth-order valence-corrected chi connectivity index (χ4v) is 7.22. The first-order valence-electron chi connectivity index (χ1n) is 17.3. The van der Waals surface area contributed by atoms with E-state index in [9.17, 15) is 10.1 Å². The second-order valence-electron chi connectivity index (χ2n) is 12.8. The minimum atomic E-state index is -0.438. The van der Waals surface area contributed by atoms with E-state index in [4.69, 9.17) is 9.97 Å². The molecule has 7 heteroatoms. The van der Waals surface area contributed by atoms with Gasteiger partial charge in [0.15, 0.2) is 0 Å². The quantitative estimate of drug-likeness (QED) is 0.134. The predicted octanol–water partition coefficient (Wildman–Crippen LogP) is 11.6. The van der Waals surface area contributed by atoms with E-state index >= 15 is 0 Å². The highest BCUT2D eigenvalue weighted by Gasteiger charge is 2.20. The van der Waals surface area contributed by atoms with Crippen LogP contribution in [0, 0.1) is 10.1 Å². The van der Waals surface area contributed by atoms with Crippen LogP contribution in [0.3, 0.4) is 0 Å². The summed E-state index contributed by atoms with van der Waals surface area (Å²) in [6, 6.07) is 46.9. The van der Waals surface area contributed by atoms with Crippen LogP contribution in [0.2, 0.25) is 0 Å². The zero-order chi connectivity index (χ0) is 35.7. The number of aromatic amines is 2. The van der Waals surface area contributed by atoms with Crippen LogP contribution < -0.4 is 0 Å². The topological polar surface area (TPSA) is 100 Å². The number of rotatable bonds is 6. The van der Waals surface area contributed by atoms with E-state index < -0.39 is 4.92 Å². The molecular weight excluding hydrogens is 655 g/mol. The maximum Gasteiger partial charge on any atom is 0.235 e. The summed E-state index contributed by atoms with van der Waals surface area (Å²) < 4.78 is 0. The average molecular weight is 686 g/mol. The molecule has 0 atom stereocenters. The van der Waals surface area contributed by atoms with E-state index in [1.54, 1.807) is 6.08 Å². The summed E-state index contributed by atoms with van der Waals surface area (Å²) >= 11 is 0. The van der Waals surface area contributed by atoms with Gasteiger partial charge in [-0.2, -0.15) is 0 Å². The number of aromatic nitrogens is 4. The third-order valence-corrected chi connectivity index (χ3v) is 9.52. The van der Waals surface area contributed by atoms with Crippen LogP contribution in [0.15, 0.2) is 146 Å². The van der Waals surface area contributed by atoms with Crippen molar-refractivity contribution in [1.82, 2.24) is 19.9 Å². The third-order valence-electron chi connectivity index (χ3n) is 9.52. The molecule has 0 amide bonds. The highest BCUT2D eigenvalue weighted by atomic mass is 16.6. The van der Waals surface area contributed by atoms with E-state index in [-0.39, 0.29) is 0 Å². The van der Waals surface area contributed by atoms with Crippen molar-refractivity contribution in [2.45, 2.75) is 0 Å². The summed E-state index contributed by atoms with van der Waals surface area (Å²) in [5.74, 6) is 0. The van der Waals surface area contributed by atoms with Crippen LogP contribution in [0.5, 0.6) is 0 Å². The van der Waals surface area contributed by atoms with Crippen molar-refractivity contribution >= 4 is 52.4 Å². The lowest BCUT2D eigenvalue weighted by Gasteiger charge is -2.07. The first kappa shape index (κ1) is 31.6. The maximum atomic E-state index is 11.7. The normalized spacial score (nSPS) is 12.1. The monoisotopic (exact) mass is 685 g/mol. The minimum absolute atomic E-state index is 0.438. The SMILES string of the molecule is O=[N+]([O-])C=Cc1cc2[nH]c1c(-c1ccccc1)c1nc(c(-c3ccccc3)c3ccc([nH]3)c(-c3ccccc3)c3nc(c2-c2ccccc2)C=C3)C=C1. The van der Waals surface area contributed by atoms with Crippen molar-refractivity contribution in [1.29, 1.82) is 0 Å². The van der Waals surface area contributed by atoms with Gasteiger partial charge >= 0.3 is 0 Å². The minimum Gasteiger partial charge on any atom is -0.354 e. The van der Waals surface area contributed by atoms with Crippen LogP contribution >= 0.6 is 0 Å². The van der Waals surface area contributed by atoms with Crippen molar-refractivity contribution < 1.29 is 4.92 Å². The summed E-state index contributed by atoms with van der Waals surface area (Å²) in [4.78, 5) is 29.4. The van der Waals surface area contributed by atoms with Gasteiger partial charge in [0, 0.05) is 50.4 Å². The number of benzene rings is 4. The number of fused-ring (bicyclic) bond motifs is 8. The fourth-order valence-electron chi connectivity index (χ4n) is 7.22. The summed E-state index contributed by atoms with van der Waals surface area (Å²) in [6.07, 6.45) is 10.7. The molecule has 0 saturated carbocycles. The standard InChI is InChI=1S/C46H31N5O2/c52-51(53)28-27-34-29-41-44(32-17-9-3-10-18-32)39-24-23-37(48-39)42(30-13-5-1-6-14-30)35-21-22-36(47-35)43(31-15-7-2-8-16-31)38-25-26-40(49-38)45(46(34)50-41)33-19-11-4-12-20-33/h1-29,47,50H. The van der Waals surface area contributed by atoms with Gasteiger partial charge in [0.25, 0.3) is 0 Å². The summed E-state index contributed by atoms with van der Waals surface area (Å²) in [7, 11) is 0. The van der Waals surface area contributed by atoms with Gasteiger partial charge in [-0.25, -0.2) is 9.97 Å². The van der Waals surface area contributed by atoms with Gasteiger partial charge in [0.05, 0.1) is 33.2 Å². The number of hydrogen-bond acceptors (Lipinski definition) is 4. The molecule has 0 unspecified atom stereocenters. The Morgan fingerprint density at radius 1 is 0.472 bits per heavy atom. The first-order chi connectivity index (χ1) is 26.1. The highest BCUT2D eigenvalue weighted by Crippen LogP contribution is 2.39. The Morgan fingerprint density at radius 3 is 1.26 bits per heavy atom. The van der Waals surface area contributed by atoms with E-state index in [1.165, 1.54) is 0 Å². The zero-order valence-corrected chi connectivity index (χ0v) is 28.4. The van der Waals surface area contributed by atoms with Crippen molar-refractivity contribution in [3.05, 3.63) is 184 Å². The Balaban J connectivity index is 1.52. The molecule has 2 N–H and O–H groups in total. The molecule has 0 radical (unpaired) electrons. The van der Waals surface area contributed by atoms with E-state index in [0.717, 1.165) is 90.0 Å². The molecule has 0 spiro atoms. The Bertz CT molecular complexity index is 2780. The third kappa shape index (κ3) is 5.96. The smallest absolute Gasteiger partial charge is 0.235 e. The Morgan fingerprint density at radius 2 is 0.849 bits per heavy atom. The fraction of sp³-hybridized carbons (Fsp3) is 0. The van der Waals surface area contributed by atoms with Crippen molar-refractivity contribution in [2.75, 3.05) is 0 Å². The van der Waals surface area contributed by atoms with Gasteiger partial charge in [0.2, 0.25) is 6.20 Å². The predicted molar refractivity (Wildman–Crippen MR) is 217 cm³/mol. The number of nitro groups is 1. The molecule has 5 heterocycles. The van der Waals surface area contributed by atoms with Crippen molar-refractivity contribution in [3.8, 4) is 44.5 Å². The molecule has 8 bridgehead atoms. The lowest BCUT2D eigenvalue weighted by atomic mass is 10.0. The van der Waals surface area contributed by atoms with Gasteiger partial charge in [-0.1, -0.05) is 121 Å². The molecular formula is C46H31N5O2. The average Bonchev–Trinajstić information content (AvgIpc) is 4.03. The summed E-state index contributed by atoms with van der Waals surface area (Å²) in [5.41, 5.74) is 14.6. The number of nitrogens with zero attached hydrogens (tertiary/aromatic N) is 3. The van der Waals surface area contributed by atoms with Gasteiger partial charge in [-0.05, 0) is 64.8 Å². The van der Waals surface area contributed by atoms with E-state index in [0.29, 0.717) is 11.1 Å². The molecule has 7 aromatic rings. The number of nitrogens with one attached hydrogen (secondary N) is 2. The molecule has 7 nitrogen and oxygen atoms in total. The Labute approximate surface area is 305 Å². The number of H-pyrrole nitrogens is 2. The second-order valence-corrected chi connectivity index (χ2v) is 12.8. The van der Waals surface area contributed by atoms with Crippen LogP contribution in [0.4, 0.5) is 0 Å². The zero-order valence-electron chi connectivity index (χ0n) is 28.4. The molecule has 0 aliphatic carbocycles. The van der Waals surface area contributed by atoms with Gasteiger partial charge in [-0.3, -0.25) is 10.1 Å².